The molecule has 0 amide bonds. The molecule has 0 aliphatic heterocycles. The number of nitro groups is 1. The number of hydrogen-bond donors (Lipinski definition) is 1. The van der Waals surface area contributed by atoms with Gasteiger partial charge in [-0.05, 0) is 13.0 Å². The molecule has 0 spiro atoms. The van der Waals surface area contributed by atoms with E-state index in [0.717, 1.165) is 5.69 Å². The number of nitrogens with zero attached hydrogens (tertiary/aromatic N) is 3. The molecule has 20 heavy (non-hydrogen) atoms. The van der Waals surface area contributed by atoms with Gasteiger partial charge in [0.25, 0.3) is 5.69 Å². The molecule has 0 bridgehead atoms. The fourth-order valence-corrected chi connectivity index (χ4v) is 1.78. The summed E-state index contributed by atoms with van der Waals surface area (Å²) in [7, 11) is 1.84. The van der Waals surface area contributed by atoms with E-state index in [1.165, 1.54) is 25.1 Å². The molecule has 0 radical (unpaired) electrons. The number of hydrogen-bond acceptors (Lipinski definition) is 5. The number of aryl methyl sites for hydroxylation is 1. The van der Waals surface area contributed by atoms with Crippen LogP contribution in [-0.2, 0) is 13.7 Å². The van der Waals surface area contributed by atoms with Gasteiger partial charge in [-0.3, -0.25) is 10.1 Å². The minimum absolute atomic E-state index is 0.0752. The van der Waals surface area contributed by atoms with E-state index in [1.54, 1.807) is 12.5 Å². The zero-order chi connectivity index (χ0) is 14.7. The maximum atomic E-state index is 10.7. The first-order valence-electron chi connectivity index (χ1n) is 6.03. The summed E-state index contributed by atoms with van der Waals surface area (Å²) in [5, 5.41) is 20.5. The molecule has 1 heterocycles. The highest BCUT2D eigenvalue weighted by molar-refractivity contribution is 5.44. The number of nitro benzene ring substituents is 1. The monoisotopic (exact) mass is 277 g/mol. The van der Waals surface area contributed by atoms with Crippen molar-refractivity contribution in [3.63, 3.8) is 0 Å². The average molecular weight is 277 g/mol. The molecular weight excluding hydrogens is 262 g/mol. The fraction of sp³-hybridized carbons (Fsp3) is 0.308. The molecule has 1 N–H and O–H groups in total. The van der Waals surface area contributed by atoms with Crippen molar-refractivity contribution in [2.45, 2.75) is 19.6 Å². The number of non-ortho nitro benzene ring substituents is 1. The minimum atomic E-state index is -0.851. The van der Waals surface area contributed by atoms with Gasteiger partial charge in [0.1, 0.15) is 12.4 Å². The standard InChI is InChI=1S/C13H15N3O4/c1-9(17)12-5-10(16(18)19)3-4-13(12)20-7-11-6-14-8-15(11)2/h3-6,8-9,17H,7H2,1-2H3/t9-/m0/s1. The number of aliphatic hydroxyl groups excluding tert-OH is 1. The van der Waals surface area contributed by atoms with Crippen LogP contribution in [0, 0.1) is 10.1 Å². The summed E-state index contributed by atoms with van der Waals surface area (Å²) in [6.45, 7) is 1.81. The van der Waals surface area contributed by atoms with E-state index < -0.39 is 11.0 Å². The van der Waals surface area contributed by atoms with E-state index in [4.69, 9.17) is 4.74 Å². The maximum Gasteiger partial charge on any atom is 0.270 e. The van der Waals surface area contributed by atoms with E-state index in [0.29, 0.717) is 11.3 Å². The number of aliphatic hydroxyl groups is 1. The van der Waals surface area contributed by atoms with Gasteiger partial charge in [-0.1, -0.05) is 0 Å². The van der Waals surface area contributed by atoms with E-state index in [9.17, 15) is 15.2 Å². The second kappa shape index (κ2) is 5.70. The van der Waals surface area contributed by atoms with Crippen molar-refractivity contribution in [1.82, 2.24) is 9.55 Å². The first-order valence-corrected chi connectivity index (χ1v) is 6.03. The zero-order valence-electron chi connectivity index (χ0n) is 11.2. The summed E-state index contributed by atoms with van der Waals surface area (Å²) in [5.74, 6) is 0.423. The van der Waals surface area contributed by atoms with E-state index in [2.05, 4.69) is 4.98 Å². The van der Waals surface area contributed by atoms with Crippen LogP contribution in [0.4, 0.5) is 5.69 Å². The fourth-order valence-electron chi connectivity index (χ4n) is 1.78. The van der Waals surface area contributed by atoms with Crippen molar-refractivity contribution in [1.29, 1.82) is 0 Å². The Kier molecular flexibility index (Phi) is 3.99. The van der Waals surface area contributed by atoms with Crippen molar-refractivity contribution in [3.05, 3.63) is 52.1 Å². The molecule has 7 nitrogen and oxygen atoms in total. The van der Waals surface area contributed by atoms with Crippen molar-refractivity contribution in [3.8, 4) is 5.75 Å². The Balaban J connectivity index is 2.22. The number of ether oxygens (including phenoxy) is 1. The van der Waals surface area contributed by atoms with Crippen molar-refractivity contribution in [2.24, 2.45) is 7.05 Å². The third-order valence-electron chi connectivity index (χ3n) is 2.95. The topological polar surface area (TPSA) is 90.4 Å². The van der Waals surface area contributed by atoms with Crippen LogP contribution in [0.5, 0.6) is 5.75 Å². The van der Waals surface area contributed by atoms with Crippen LogP contribution in [0.1, 0.15) is 24.3 Å². The predicted molar refractivity (Wildman–Crippen MR) is 71.3 cm³/mol. The van der Waals surface area contributed by atoms with E-state index in [-0.39, 0.29) is 12.3 Å². The van der Waals surface area contributed by atoms with Crippen LogP contribution < -0.4 is 4.74 Å². The highest BCUT2D eigenvalue weighted by Gasteiger charge is 2.15. The lowest BCUT2D eigenvalue weighted by atomic mass is 10.1. The first kappa shape index (κ1) is 14.0. The SMILES string of the molecule is C[C@H](O)c1cc([N+](=O)[O-])ccc1OCc1cncn1C. The Hall–Kier alpha value is -2.41. The lowest BCUT2D eigenvalue weighted by Gasteiger charge is -2.13. The van der Waals surface area contributed by atoms with E-state index in [1.807, 2.05) is 11.6 Å². The molecule has 0 fully saturated rings. The van der Waals surface area contributed by atoms with Crippen LogP contribution in [0.15, 0.2) is 30.7 Å². The molecule has 0 saturated carbocycles. The average Bonchev–Trinajstić information content (AvgIpc) is 2.81. The molecule has 1 atom stereocenters. The molecule has 2 rings (SSSR count). The van der Waals surface area contributed by atoms with Crippen molar-refractivity contribution in [2.75, 3.05) is 0 Å². The van der Waals surface area contributed by atoms with Crippen LogP contribution in [0.3, 0.4) is 0 Å². The van der Waals surface area contributed by atoms with Gasteiger partial charge in [0.05, 0.1) is 29.2 Å². The predicted octanol–water partition coefficient (Wildman–Crippen LogP) is 1.96. The smallest absolute Gasteiger partial charge is 0.270 e. The third kappa shape index (κ3) is 2.94. The van der Waals surface area contributed by atoms with Gasteiger partial charge in [0.15, 0.2) is 0 Å². The summed E-state index contributed by atoms with van der Waals surface area (Å²) < 4.78 is 7.43. The molecular formula is C13H15N3O4. The number of imidazole rings is 1. The van der Waals surface area contributed by atoms with Crippen LogP contribution in [0.25, 0.3) is 0 Å². The van der Waals surface area contributed by atoms with Crippen LogP contribution >= 0.6 is 0 Å². The Morgan fingerprint density at radius 3 is 2.85 bits per heavy atom. The molecule has 0 aliphatic carbocycles. The van der Waals surface area contributed by atoms with Gasteiger partial charge in [-0.2, -0.15) is 0 Å². The van der Waals surface area contributed by atoms with Gasteiger partial charge >= 0.3 is 0 Å². The molecule has 0 aliphatic rings. The summed E-state index contributed by atoms with van der Waals surface area (Å²) in [6, 6.07) is 4.17. The Bertz CT molecular complexity index is 622. The first-order chi connectivity index (χ1) is 9.49. The van der Waals surface area contributed by atoms with Gasteiger partial charge < -0.3 is 14.4 Å². The second-order valence-corrected chi connectivity index (χ2v) is 4.44. The molecule has 1 aromatic carbocycles. The van der Waals surface area contributed by atoms with Crippen LogP contribution in [-0.4, -0.2) is 19.6 Å². The maximum absolute atomic E-state index is 10.7. The minimum Gasteiger partial charge on any atom is -0.487 e. The number of rotatable bonds is 5. The van der Waals surface area contributed by atoms with Crippen LogP contribution in [0.2, 0.25) is 0 Å². The lowest BCUT2D eigenvalue weighted by molar-refractivity contribution is -0.385. The second-order valence-electron chi connectivity index (χ2n) is 4.44. The zero-order valence-corrected chi connectivity index (χ0v) is 11.2. The highest BCUT2D eigenvalue weighted by atomic mass is 16.6. The molecule has 106 valence electrons. The normalized spacial score (nSPS) is 12.2. The van der Waals surface area contributed by atoms with E-state index >= 15 is 0 Å². The summed E-state index contributed by atoms with van der Waals surface area (Å²) in [5.41, 5.74) is 1.18. The summed E-state index contributed by atoms with van der Waals surface area (Å²) >= 11 is 0. The van der Waals surface area contributed by atoms with Gasteiger partial charge in [0, 0.05) is 24.7 Å². The van der Waals surface area contributed by atoms with Gasteiger partial charge in [-0.15, -0.1) is 0 Å². The Labute approximate surface area is 115 Å². The summed E-state index contributed by atoms with van der Waals surface area (Å²) in [6.07, 6.45) is 2.48. The molecule has 0 unspecified atom stereocenters. The third-order valence-corrected chi connectivity index (χ3v) is 2.95. The molecule has 2 aromatic rings. The number of benzene rings is 1. The Morgan fingerprint density at radius 1 is 1.55 bits per heavy atom. The summed E-state index contributed by atoms with van der Waals surface area (Å²) in [4.78, 5) is 14.2. The molecule has 1 aromatic heterocycles. The van der Waals surface area contributed by atoms with Crippen molar-refractivity contribution < 1.29 is 14.8 Å². The van der Waals surface area contributed by atoms with Crippen molar-refractivity contribution >= 4 is 5.69 Å². The highest BCUT2D eigenvalue weighted by Crippen LogP contribution is 2.29. The lowest BCUT2D eigenvalue weighted by Crippen LogP contribution is -2.04. The largest absolute Gasteiger partial charge is 0.487 e. The number of aromatic nitrogens is 2. The van der Waals surface area contributed by atoms with Gasteiger partial charge in [0.2, 0.25) is 0 Å². The molecule has 0 saturated heterocycles. The quantitative estimate of drug-likeness (QED) is 0.666. The Morgan fingerprint density at radius 2 is 2.30 bits per heavy atom. The van der Waals surface area contributed by atoms with Gasteiger partial charge in [-0.25, -0.2) is 4.98 Å². The molecule has 7 heteroatoms.